The Kier molecular flexibility index (Phi) is 5.48. The number of hydrogen-bond acceptors (Lipinski definition) is 4. The molecule has 0 heterocycles. The van der Waals surface area contributed by atoms with Gasteiger partial charge in [-0.25, -0.2) is 13.1 Å². The van der Waals surface area contributed by atoms with E-state index < -0.39 is 10.0 Å². The zero-order chi connectivity index (χ0) is 14.3. The number of nitriles is 1. The molecule has 0 atom stereocenters. The lowest BCUT2D eigenvalue weighted by Gasteiger charge is -2.05. The first-order chi connectivity index (χ1) is 8.96. The number of amides is 1. The average molecular weight is 281 g/mol. The highest BCUT2D eigenvalue weighted by Crippen LogP contribution is 2.03. The zero-order valence-corrected chi connectivity index (χ0v) is 11.3. The van der Waals surface area contributed by atoms with E-state index in [1.54, 1.807) is 24.3 Å². The van der Waals surface area contributed by atoms with Gasteiger partial charge in [0.1, 0.15) is 0 Å². The lowest BCUT2D eigenvalue weighted by Crippen LogP contribution is -2.33. The summed E-state index contributed by atoms with van der Waals surface area (Å²) in [5.74, 6) is -0.404. The summed E-state index contributed by atoms with van der Waals surface area (Å²) in [6, 6.07) is 8.65. The topological polar surface area (TPSA) is 99.1 Å². The lowest BCUT2D eigenvalue weighted by atomic mass is 10.1. The third-order valence-electron chi connectivity index (χ3n) is 2.45. The number of rotatable bonds is 6. The Hall–Kier alpha value is -1.91. The van der Waals surface area contributed by atoms with Gasteiger partial charge < -0.3 is 5.32 Å². The zero-order valence-electron chi connectivity index (χ0n) is 10.5. The molecule has 0 aliphatic heterocycles. The van der Waals surface area contributed by atoms with Crippen molar-refractivity contribution in [2.24, 2.45) is 0 Å². The molecule has 0 fully saturated rings. The molecule has 1 amide bonds. The number of benzene rings is 1. The van der Waals surface area contributed by atoms with Gasteiger partial charge in [-0.3, -0.25) is 4.79 Å². The van der Waals surface area contributed by atoms with Crippen LogP contribution in [-0.4, -0.2) is 33.7 Å². The molecule has 7 heteroatoms. The SMILES string of the molecule is CNS(=O)(=O)CCNC(=O)Cc1ccc(C#N)cc1. The number of hydrogen-bond donors (Lipinski definition) is 2. The molecule has 0 aliphatic carbocycles. The van der Waals surface area contributed by atoms with E-state index in [0.29, 0.717) is 5.56 Å². The molecule has 0 aliphatic rings. The van der Waals surface area contributed by atoms with Crippen LogP contribution in [0.2, 0.25) is 0 Å². The Morgan fingerprint density at radius 3 is 2.47 bits per heavy atom. The van der Waals surface area contributed by atoms with Crippen molar-refractivity contribution in [1.82, 2.24) is 10.0 Å². The van der Waals surface area contributed by atoms with E-state index in [1.165, 1.54) is 7.05 Å². The van der Waals surface area contributed by atoms with Gasteiger partial charge in [0.15, 0.2) is 0 Å². The average Bonchev–Trinajstić information content (AvgIpc) is 2.39. The van der Waals surface area contributed by atoms with Gasteiger partial charge in [0, 0.05) is 6.54 Å². The maximum absolute atomic E-state index is 11.5. The van der Waals surface area contributed by atoms with E-state index in [-0.39, 0.29) is 24.6 Å². The molecule has 0 aromatic heterocycles. The third-order valence-corrected chi connectivity index (χ3v) is 3.82. The summed E-state index contributed by atoms with van der Waals surface area (Å²) in [7, 11) is -1.97. The first-order valence-corrected chi connectivity index (χ1v) is 7.29. The van der Waals surface area contributed by atoms with Crippen molar-refractivity contribution in [2.75, 3.05) is 19.3 Å². The Labute approximate surface area is 112 Å². The van der Waals surface area contributed by atoms with Crippen LogP contribution in [0.5, 0.6) is 0 Å². The molecule has 102 valence electrons. The third kappa shape index (κ3) is 5.50. The van der Waals surface area contributed by atoms with E-state index in [9.17, 15) is 13.2 Å². The molecule has 0 spiro atoms. The molecule has 0 saturated heterocycles. The number of carbonyl (C=O) groups is 1. The van der Waals surface area contributed by atoms with E-state index in [2.05, 4.69) is 10.0 Å². The van der Waals surface area contributed by atoms with E-state index in [4.69, 9.17) is 5.26 Å². The second-order valence-corrected chi connectivity index (χ2v) is 5.90. The fourth-order valence-electron chi connectivity index (χ4n) is 1.37. The molecule has 0 saturated carbocycles. The number of sulfonamides is 1. The van der Waals surface area contributed by atoms with Crippen LogP contribution in [0, 0.1) is 11.3 Å². The van der Waals surface area contributed by atoms with Gasteiger partial charge in [-0.1, -0.05) is 12.1 Å². The molecule has 6 nitrogen and oxygen atoms in total. The van der Waals surface area contributed by atoms with Crippen molar-refractivity contribution in [3.05, 3.63) is 35.4 Å². The van der Waals surface area contributed by atoms with Crippen LogP contribution >= 0.6 is 0 Å². The highest BCUT2D eigenvalue weighted by Gasteiger charge is 2.08. The van der Waals surface area contributed by atoms with E-state index >= 15 is 0 Å². The first kappa shape index (κ1) is 15.1. The van der Waals surface area contributed by atoms with Gasteiger partial charge >= 0.3 is 0 Å². The molecular weight excluding hydrogens is 266 g/mol. The van der Waals surface area contributed by atoms with Crippen LogP contribution in [0.25, 0.3) is 0 Å². The van der Waals surface area contributed by atoms with Gasteiger partial charge in [0.05, 0.1) is 23.8 Å². The van der Waals surface area contributed by atoms with E-state index in [0.717, 1.165) is 5.56 Å². The normalized spacial score (nSPS) is 10.7. The monoisotopic (exact) mass is 281 g/mol. The maximum Gasteiger partial charge on any atom is 0.224 e. The van der Waals surface area contributed by atoms with Crippen LogP contribution in [0.3, 0.4) is 0 Å². The van der Waals surface area contributed by atoms with Crippen molar-refractivity contribution >= 4 is 15.9 Å². The summed E-state index contributed by atoms with van der Waals surface area (Å²) < 4.78 is 24.4. The summed E-state index contributed by atoms with van der Waals surface area (Å²) >= 11 is 0. The Morgan fingerprint density at radius 2 is 1.95 bits per heavy atom. The summed E-state index contributed by atoms with van der Waals surface area (Å²) in [6.45, 7) is 0.0677. The number of nitrogens with one attached hydrogen (secondary N) is 2. The predicted molar refractivity (Wildman–Crippen MR) is 70.7 cm³/mol. The minimum Gasteiger partial charge on any atom is -0.355 e. The highest BCUT2D eigenvalue weighted by molar-refractivity contribution is 7.89. The summed E-state index contributed by atoms with van der Waals surface area (Å²) in [4.78, 5) is 11.5. The van der Waals surface area contributed by atoms with Crippen molar-refractivity contribution < 1.29 is 13.2 Å². The predicted octanol–water partition coefficient (Wildman–Crippen LogP) is -0.234. The standard InChI is InChI=1S/C12H15N3O3S/c1-14-19(17,18)7-6-15-12(16)8-10-2-4-11(9-13)5-3-10/h2-5,14H,6-8H2,1H3,(H,15,16). The van der Waals surface area contributed by atoms with Crippen LogP contribution in [0.15, 0.2) is 24.3 Å². The van der Waals surface area contributed by atoms with Gasteiger partial charge in [0.25, 0.3) is 0 Å². The molecule has 0 unspecified atom stereocenters. The van der Waals surface area contributed by atoms with Gasteiger partial charge in [-0.15, -0.1) is 0 Å². The molecule has 0 radical (unpaired) electrons. The second kappa shape index (κ2) is 6.87. The summed E-state index contributed by atoms with van der Waals surface area (Å²) in [5, 5.41) is 11.2. The van der Waals surface area contributed by atoms with Crippen LogP contribution in [-0.2, 0) is 21.2 Å². The number of carbonyl (C=O) groups excluding carboxylic acids is 1. The smallest absolute Gasteiger partial charge is 0.224 e. The fraction of sp³-hybridized carbons (Fsp3) is 0.333. The van der Waals surface area contributed by atoms with Gasteiger partial charge in [-0.05, 0) is 24.7 Å². The van der Waals surface area contributed by atoms with E-state index in [1.807, 2.05) is 6.07 Å². The fourth-order valence-corrected chi connectivity index (χ4v) is 1.95. The maximum atomic E-state index is 11.5. The largest absolute Gasteiger partial charge is 0.355 e. The molecule has 1 aromatic rings. The van der Waals surface area contributed by atoms with Gasteiger partial charge in [0.2, 0.25) is 15.9 Å². The van der Waals surface area contributed by atoms with Gasteiger partial charge in [-0.2, -0.15) is 5.26 Å². The van der Waals surface area contributed by atoms with Crippen LogP contribution in [0.4, 0.5) is 0 Å². The first-order valence-electron chi connectivity index (χ1n) is 5.64. The molecule has 19 heavy (non-hydrogen) atoms. The highest BCUT2D eigenvalue weighted by atomic mass is 32.2. The minimum atomic E-state index is -3.30. The molecule has 0 bridgehead atoms. The molecular formula is C12H15N3O3S. The molecule has 1 rings (SSSR count). The van der Waals surface area contributed by atoms with Crippen LogP contribution in [0.1, 0.15) is 11.1 Å². The Morgan fingerprint density at radius 1 is 1.32 bits per heavy atom. The number of nitrogens with zero attached hydrogens (tertiary/aromatic N) is 1. The van der Waals surface area contributed by atoms with Crippen LogP contribution < -0.4 is 10.0 Å². The van der Waals surface area contributed by atoms with Crippen molar-refractivity contribution in [3.8, 4) is 6.07 Å². The minimum absolute atomic E-state index is 0.0677. The molecule has 2 N–H and O–H groups in total. The lowest BCUT2D eigenvalue weighted by molar-refractivity contribution is -0.120. The molecule has 1 aromatic carbocycles. The summed E-state index contributed by atoms with van der Waals surface area (Å²) in [6.07, 6.45) is 0.158. The summed E-state index contributed by atoms with van der Waals surface area (Å²) in [5.41, 5.74) is 1.30. The Bertz CT molecular complexity index is 573. The van der Waals surface area contributed by atoms with Crippen molar-refractivity contribution in [2.45, 2.75) is 6.42 Å². The second-order valence-electron chi connectivity index (χ2n) is 3.86. The Balaban J connectivity index is 2.41. The van der Waals surface area contributed by atoms with Crippen molar-refractivity contribution in [1.29, 1.82) is 5.26 Å². The van der Waals surface area contributed by atoms with Crippen molar-refractivity contribution in [3.63, 3.8) is 0 Å². The quantitative estimate of drug-likeness (QED) is 0.752.